The van der Waals surface area contributed by atoms with Gasteiger partial charge in [-0.3, -0.25) is 14.8 Å². The van der Waals surface area contributed by atoms with Gasteiger partial charge in [0, 0.05) is 52.9 Å². The fraction of sp³-hybridized carbons (Fsp3) is 0.682. The lowest BCUT2D eigenvalue weighted by Crippen LogP contribution is -2.49. The van der Waals surface area contributed by atoms with Crippen LogP contribution in [0.25, 0.3) is 0 Å². The average molecular weight is 387 g/mol. The van der Waals surface area contributed by atoms with E-state index in [1.807, 2.05) is 7.05 Å². The standard InChI is InChI=1S/C22H38N6/c1-3-26-15-17-27(18-16-26)14-11-24-22(23-2)25-19-21(28-12-7-8-13-28)20-9-5-4-6-10-20/h4-6,9-10,21H,3,7-8,11-19H2,1-2H3,(H2,23,24,25). The molecule has 0 bridgehead atoms. The molecule has 0 radical (unpaired) electrons. The SMILES string of the molecule is CCN1CCN(CCNC(=NC)NCC(c2ccccc2)N2CCCC2)CC1. The van der Waals surface area contributed by atoms with Crippen molar-refractivity contribution >= 4 is 5.96 Å². The number of likely N-dealkylation sites (N-methyl/N-ethyl adjacent to an activating group) is 1. The summed E-state index contributed by atoms with van der Waals surface area (Å²) in [7, 11) is 1.86. The molecule has 0 spiro atoms. The summed E-state index contributed by atoms with van der Waals surface area (Å²) in [6.07, 6.45) is 2.61. The number of nitrogens with zero attached hydrogens (tertiary/aromatic N) is 4. The summed E-state index contributed by atoms with van der Waals surface area (Å²) >= 11 is 0. The number of benzene rings is 1. The van der Waals surface area contributed by atoms with Crippen molar-refractivity contribution in [1.29, 1.82) is 0 Å². The summed E-state index contributed by atoms with van der Waals surface area (Å²) in [4.78, 5) is 12.1. The summed E-state index contributed by atoms with van der Waals surface area (Å²) in [6, 6.07) is 11.3. The molecule has 2 aliphatic heterocycles. The van der Waals surface area contributed by atoms with E-state index >= 15 is 0 Å². The highest BCUT2D eigenvalue weighted by Gasteiger charge is 2.23. The molecule has 0 aliphatic carbocycles. The van der Waals surface area contributed by atoms with Gasteiger partial charge >= 0.3 is 0 Å². The third-order valence-electron chi connectivity index (χ3n) is 6.08. The molecule has 2 heterocycles. The first kappa shape index (κ1) is 21.1. The van der Waals surface area contributed by atoms with Gasteiger partial charge in [0.2, 0.25) is 0 Å². The Kier molecular flexibility index (Phi) is 8.58. The molecule has 0 aromatic heterocycles. The lowest BCUT2D eigenvalue weighted by atomic mass is 10.1. The first-order valence-electron chi connectivity index (χ1n) is 11.0. The van der Waals surface area contributed by atoms with E-state index in [9.17, 15) is 0 Å². The molecule has 2 aliphatic rings. The van der Waals surface area contributed by atoms with E-state index in [0.29, 0.717) is 6.04 Å². The third kappa shape index (κ3) is 6.19. The summed E-state index contributed by atoms with van der Waals surface area (Å²) in [5.41, 5.74) is 1.39. The van der Waals surface area contributed by atoms with Crippen LogP contribution in [0.2, 0.25) is 0 Å². The molecule has 28 heavy (non-hydrogen) atoms. The summed E-state index contributed by atoms with van der Waals surface area (Å²) in [6.45, 7) is 13.4. The second-order valence-corrected chi connectivity index (χ2v) is 7.83. The van der Waals surface area contributed by atoms with Crippen LogP contribution in [0.4, 0.5) is 0 Å². The van der Waals surface area contributed by atoms with Crippen LogP contribution < -0.4 is 10.6 Å². The van der Waals surface area contributed by atoms with E-state index in [2.05, 4.69) is 67.6 Å². The largest absolute Gasteiger partial charge is 0.355 e. The van der Waals surface area contributed by atoms with Crippen molar-refractivity contribution in [2.45, 2.75) is 25.8 Å². The third-order valence-corrected chi connectivity index (χ3v) is 6.08. The van der Waals surface area contributed by atoms with Gasteiger partial charge in [0.25, 0.3) is 0 Å². The van der Waals surface area contributed by atoms with Crippen LogP contribution in [-0.2, 0) is 0 Å². The number of rotatable bonds is 8. The number of likely N-dealkylation sites (tertiary alicyclic amines) is 1. The summed E-state index contributed by atoms with van der Waals surface area (Å²) in [5.74, 6) is 0.910. The van der Waals surface area contributed by atoms with Crippen LogP contribution in [0.5, 0.6) is 0 Å². The Balaban J connectivity index is 1.44. The summed E-state index contributed by atoms with van der Waals surface area (Å²) < 4.78 is 0. The molecule has 6 nitrogen and oxygen atoms in total. The topological polar surface area (TPSA) is 46.1 Å². The van der Waals surface area contributed by atoms with Gasteiger partial charge in [0.15, 0.2) is 5.96 Å². The molecule has 2 fully saturated rings. The fourth-order valence-electron chi connectivity index (χ4n) is 4.26. The molecule has 0 amide bonds. The maximum atomic E-state index is 4.44. The molecule has 1 unspecified atom stereocenters. The highest BCUT2D eigenvalue weighted by molar-refractivity contribution is 5.79. The van der Waals surface area contributed by atoms with Crippen molar-refractivity contribution in [3.05, 3.63) is 35.9 Å². The van der Waals surface area contributed by atoms with Gasteiger partial charge in [-0.1, -0.05) is 37.3 Å². The molecule has 1 aromatic rings. The Labute approximate surface area is 171 Å². The predicted octanol–water partition coefficient (Wildman–Crippen LogP) is 1.63. The zero-order chi connectivity index (χ0) is 19.6. The molecule has 0 saturated carbocycles. The average Bonchev–Trinajstić information content (AvgIpc) is 3.28. The smallest absolute Gasteiger partial charge is 0.191 e. The van der Waals surface area contributed by atoms with Gasteiger partial charge in [-0.05, 0) is 38.0 Å². The number of hydrogen-bond acceptors (Lipinski definition) is 4. The van der Waals surface area contributed by atoms with Crippen molar-refractivity contribution in [1.82, 2.24) is 25.3 Å². The van der Waals surface area contributed by atoms with Crippen LogP contribution in [0.3, 0.4) is 0 Å². The molecule has 3 rings (SSSR count). The van der Waals surface area contributed by atoms with E-state index in [-0.39, 0.29) is 0 Å². The zero-order valence-corrected chi connectivity index (χ0v) is 17.7. The highest BCUT2D eigenvalue weighted by atomic mass is 15.3. The molecule has 6 heteroatoms. The van der Waals surface area contributed by atoms with Gasteiger partial charge in [-0.2, -0.15) is 0 Å². The molecule has 2 N–H and O–H groups in total. The summed E-state index contributed by atoms with van der Waals surface area (Å²) in [5, 5.41) is 7.07. The Morgan fingerprint density at radius 3 is 2.29 bits per heavy atom. The van der Waals surface area contributed by atoms with E-state index in [0.717, 1.165) is 25.6 Å². The molecule has 1 aromatic carbocycles. The lowest BCUT2D eigenvalue weighted by molar-refractivity contribution is 0.139. The van der Waals surface area contributed by atoms with Crippen LogP contribution >= 0.6 is 0 Å². The van der Waals surface area contributed by atoms with E-state index in [4.69, 9.17) is 0 Å². The van der Waals surface area contributed by atoms with Gasteiger partial charge in [0.1, 0.15) is 0 Å². The number of nitrogens with one attached hydrogen (secondary N) is 2. The second kappa shape index (κ2) is 11.4. The minimum atomic E-state index is 0.407. The number of hydrogen-bond donors (Lipinski definition) is 2. The van der Waals surface area contributed by atoms with Gasteiger partial charge in [-0.25, -0.2) is 0 Å². The van der Waals surface area contributed by atoms with Crippen LogP contribution in [0.1, 0.15) is 31.4 Å². The Morgan fingerprint density at radius 1 is 0.964 bits per heavy atom. The molecule has 1 atom stereocenters. The zero-order valence-electron chi connectivity index (χ0n) is 17.7. The minimum absolute atomic E-state index is 0.407. The number of piperazine rings is 1. The fourth-order valence-corrected chi connectivity index (χ4v) is 4.26. The lowest BCUT2D eigenvalue weighted by Gasteiger charge is -2.34. The highest BCUT2D eigenvalue weighted by Crippen LogP contribution is 2.24. The Morgan fingerprint density at radius 2 is 1.64 bits per heavy atom. The Hall–Kier alpha value is -1.63. The number of aliphatic imine (C=N–C) groups is 1. The predicted molar refractivity (Wildman–Crippen MR) is 118 cm³/mol. The van der Waals surface area contributed by atoms with Crippen LogP contribution in [0.15, 0.2) is 35.3 Å². The minimum Gasteiger partial charge on any atom is -0.355 e. The Bertz CT molecular complexity index is 576. The second-order valence-electron chi connectivity index (χ2n) is 7.83. The quantitative estimate of drug-likeness (QED) is 0.525. The van der Waals surface area contributed by atoms with Crippen LogP contribution in [0, 0.1) is 0 Å². The van der Waals surface area contributed by atoms with E-state index in [1.165, 1.54) is 64.2 Å². The van der Waals surface area contributed by atoms with Crippen molar-refractivity contribution in [3.63, 3.8) is 0 Å². The normalized spacial score (nSPS) is 21.0. The number of guanidine groups is 1. The van der Waals surface area contributed by atoms with Crippen LogP contribution in [-0.4, -0.2) is 93.2 Å². The van der Waals surface area contributed by atoms with Gasteiger partial charge in [-0.15, -0.1) is 0 Å². The van der Waals surface area contributed by atoms with Crippen molar-refractivity contribution < 1.29 is 0 Å². The molecular weight excluding hydrogens is 348 g/mol. The molecule has 2 saturated heterocycles. The maximum absolute atomic E-state index is 4.44. The van der Waals surface area contributed by atoms with Gasteiger partial charge in [0.05, 0.1) is 6.04 Å². The van der Waals surface area contributed by atoms with E-state index < -0.39 is 0 Å². The van der Waals surface area contributed by atoms with Crippen molar-refractivity contribution in [2.24, 2.45) is 4.99 Å². The van der Waals surface area contributed by atoms with E-state index in [1.54, 1.807) is 0 Å². The maximum Gasteiger partial charge on any atom is 0.191 e. The first-order valence-corrected chi connectivity index (χ1v) is 11.0. The first-order chi connectivity index (χ1) is 13.8. The molecule has 156 valence electrons. The van der Waals surface area contributed by atoms with Crippen molar-refractivity contribution in [2.75, 3.05) is 72.5 Å². The van der Waals surface area contributed by atoms with Crippen molar-refractivity contribution in [3.8, 4) is 0 Å². The molecular formula is C22H38N6. The van der Waals surface area contributed by atoms with Gasteiger partial charge < -0.3 is 15.5 Å². The monoisotopic (exact) mass is 386 g/mol.